The molecule has 0 saturated carbocycles. The molecule has 2 heterocycles. The molecule has 0 bridgehead atoms. The van der Waals surface area contributed by atoms with Crippen molar-refractivity contribution < 1.29 is 8.42 Å². The lowest BCUT2D eigenvalue weighted by Crippen LogP contribution is -2.44. The van der Waals surface area contributed by atoms with Gasteiger partial charge in [0.05, 0.1) is 18.1 Å². The van der Waals surface area contributed by atoms with Gasteiger partial charge in [0.15, 0.2) is 15.8 Å². The molecule has 2 N–H and O–H groups in total. The summed E-state index contributed by atoms with van der Waals surface area (Å²) < 4.78 is 23.1. The summed E-state index contributed by atoms with van der Waals surface area (Å²) >= 11 is 0. The van der Waals surface area contributed by atoms with Crippen molar-refractivity contribution in [3.63, 3.8) is 0 Å². The lowest BCUT2D eigenvalue weighted by molar-refractivity contribution is 0.283. The van der Waals surface area contributed by atoms with E-state index in [-0.39, 0.29) is 41.5 Å². The third-order valence-electron chi connectivity index (χ3n) is 4.42. The second kappa shape index (κ2) is 10.8. The van der Waals surface area contributed by atoms with Crippen molar-refractivity contribution in [1.82, 2.24) is 20.4 Å². The molecule has 1 atom stereocenters. The molecule has 0 aliphatic carbocycles. The van der Waals surface area contributed by atoms with Gasteiger partial charge in [0.25, 0.3) is 0 Å². The summed E-state index contributed by atoms with van der Waals surface area (Å²) in [5.41, 5.74) is 0. The first-order valence-corrected chi connectivity index (χ1v) is 10.5. The van der Waals surface area contributed by atoms with Gasteiger partial charge in [-0.2, -0.15) is 0 Å². The molecule has 2 aliphatic rings. The van der Waals surface area contributed by atoms with Crippen LogP contribution in [0.3, 0.4) is 0 Å². The Morgan fingerprint density at radius 3 is 2.71 bits per heavy atom. The van der Waals surface area contributed by atoms with E-state index in [1.54, 1.807) is 0 Å². The minimum atomic E-state index is -2.86. The van der Waals surface area contributed by atoms with Crippen LogP contribution in [0.25, 0.3) is 0 Å². The summed E-state index contributed by atoms with van der Waals surface area (Å²) in [6.45, 7) is 8.99. The number of halogens is 1. The number of aliphatic imine (C=N–C) groups is 1. The van der Waals surface area contributed by atoms with Crippen LogP contribution in [0.1, 0.15) is 19.8 Å². The van der Waals surface area contributed by atoms with Crippen LogP contribution in [0.5, 0.6) is 0 Å². The topological polar surface area (TPSA) is 77.0 Å². The molecule has 0 aromatic rings. The van der Waals surface area contributed by atoms with Gasteiger partial charge in [0, 0.05) is 32.2 Å². The van der Waals surface area contributed by atoms with E-state index in [0.29, 0.717) is 6.42 Å². The molecule has 2 rings (SSSR count). The Bertz CT molecular complexity index is 500. The number of nitrogens with one attached hydrogen (secondary N) is 2. The van der Waals surface area contributed by atoms with Crippen molar-refractivity contribution >= 4 is 39.8 Å². The highest BCUT2D eigenvalue weighted by molar-refractivity contribution is 14.0. The van der Waals surface area contributed by atoms with Crippen molar-refractivity contribution in [3.8, 4) is 0 Å². The fraction of sp³-hybridized carbons (Fsp3) is 0.933. The predicted molar refractivity (Wildman–Crippen MR) is 110 cm³/mol. The molecule has 0 amide bonds. The average molecular weight is 473 g/mol. The first kappa shape index (κ1) is 21.9. The maximum atomic E-state index is 11.5. The molecule has 7 nitrogen and oxygen atoms in total. The van der Waals surface area contributed by atoms with Gasteiger partial charge in [-0.15, -0.1) is 24.0 Å². The molecular weight excluding hydrogens is 441 g/mol. The van der Waals surface area contributed by atoms with Gasteiger partial charge in [-0.3, -0.25) is 4.99 Å². The third kappa shape index (κ3) is 7.83. The van der Waals surface area contributed by atoms with Crippen molar-refractivity contribution in [3.05, 3.63) is 0 Å². The van der Waals surface area contributed by atoms with Crippen LogP contribution in [0, 0.1) is 0 Å². The van der Waals surface area contributed by atoms with E-state index in [2.05, 4.69) is 32.5 Å². The quantitative estimate of drug-likeness (QED) is 0.332. The molecule has 9 heteroatoms. The van der Waals surface area contributed by atoms with Crippen LogP contribution in [0.2, 0.25) is 0 Å². The smallest absolute Gasteiger partial charge is 0.191 e. The van der Waals surface area contributed by atoms with Gasteiger partial charge in [0.1, 0.15) is 0 Å². The van der Waals surface area contributed by atoms with Crippen molar-refractivity contribution in [2.45, 2.75) is 25.8 Å². The standard InChI is InChI=1S/C15H31N5O2S.HI/c1-3-16-15(18-14-5-12-23(21,22)13-14)17-6-9-20-8-4-7-19(2)10-11-20;/h14H,3-13H2,1-2H3,(H2,16,17,18);1H. The largest absolute Gasteiger partial charge is 0.357 e. The Kier molecular flexibility index (Phi) is 9.83. The number of sulfone groups is 1. The monoisotopic (exact) mass is 473 g/mol. The van der Waals surface area contributed by atoms with E-state index in [0.717, 1.165) is 45.2 Å². The maximum absolute atomic E-state index is 11.5. The zero-order chi connectivity index (χ0) is 16.7. The lowest BCUT2D eigenvalue weighted by Gasteiger charge is -2.20. The van der Waals surface area contributed by atoms with Gasteiger partial charge in [-0.05, 0) is 39.9 Å². The first-order chi connectivity index (χ1) is 11.0. The van der Waals surface area contributed by atoms with Gasteiger partial charge in [-0.1, -0.05) is 0 Å². The van der Waals surface area contributed by atoms with Crippen molar-refractivity contribution in [2.75, 3.05) is 64.4 Å². The number of guanidine groups is 1. The van der Waals surface area contributed by atoms with Crippen LogP contribution < -0.4 is 10.6 Å². The number of nitrogens with zero attached hydrogens (tertiary/aromatic N) is 3. The van der Waals surface area contributed by atoms with E-state index in [1.807, 2.05) is 6.92 Å². The zero-order valence-electron chi connectivity index (χ0n) is 14.8. The average Bonchev–Trinajstić information content (AvgIpc) is 2.69. The van der Waals surface area contributed by atoms with Crippen LogP contribution >= 0.6 is 24.0 Å². The lowest BCUT2D eigenvalue weighted by atomic mass is 10.3. The first-order valence-electron chi connectivity index (χ1n) is 8.64. The number of hydrogen-bond donors (Lipinski definition) is 2. The molecule has 0 radical (unpaired) electrons. The molecule has 2 saturated heterocycles. The van der Waals surface area contributed by atoms with Crippen molar-refractivity contribution in [1.29, 1.82) is 0 Å². The van der Waals surface area contributed by atoms with Crippen molar-refractivity contribution in [2.24, 2.45) is 4.99 Å². The van der Waals surface area contributed by atoms with Crippen LogP contribution in [-0.2, 0) is 9.84 Å². The van der Waals surface area contributed by atoms with Gasteiger partial charge in [0.2, 0.25) is 0 Å². The van der Waals surface area contributed by atoms with Crippen LogP contribution in [0.15, 0.2) is 4.99 Å². The summed E-state index contributed by atoms with van der Waals surface area (Å²) in [5, 5.41) is 6.47. The summed E-state index contributed by atoms with van der Waals surface area (Å²) in [6.07, 6.45) is 1.88. The minimum Gasteiger partial charge on any atom is -0.357 e. The highest BCUT2D eigenvalue weighted by Crippen LogP contribution is 2.11. The fourth-order valence-corrected chi connectivity index (χ4v) is 4.72. The second-order valence-electron chi connectivity index (χ2n) is 6.50. The SMILES string of the molecule is CCNC(=NCCN1CCCN(C)CC1)NC1CCS(=O)(=O)C1.I. The van der Waals surface area contributed by atoms with Gasteiger partial charge < -0.3 is 20.4 Å². The molecule has 1 unspecified atom stereocenters. The summed E-state index contributed by atoms with van der Waals surface area (Å²) in [6, 6.07) is -0.00960. The van der Waals surface area contributed by atoms with E-state index in [1.165, 1.54) is 13.0 Å². The molecule has 0 spiro atoms. The number of likely N-dealkylation sites (N-methyl/N-ethyl adjacent to an activating group) is 1. The second-order valence-corrected chi connectivity index (χ2v) is 8.73. The maximum Gasteiger partial charge on any atom is 0.191 e. The predicted octanol–water partition coefficient (Wildman–Crippen LogP) is -0.0159. The summed E-state index contributed by atoms with van der Waals surface area (Å²) in [5.74, 6) is 1.24. The normalized spacial score (nSPS) is 25.8. The highest BCUT2D eigenvalue weighted by Gasteiger charge is 2.28. The Labute approximate surface area is 163 Å². The number of hydrogen-bond acceptors (Lipinski definition) is 5. The molecule has 24 heavy (non-hydrogen) atoms. The Morgan fingerprint density at radius 2 is 2.04 bits per heavy atom. The highest BCUT2D eigenvalue weighted by atomic mass is 127. The van der Waals surface area contributed by atoms with E-state index in [4.69, 9.17) is 0 Å². The summed E-state index contributed by atoms with van der Waals surface area (Å²) in [7, 11) is -0.690. The van der Waals surface area contributed by atoms with E-state index < -0.39 is 9.84 Å². The van der Waals surface area contributed by atoms with Gasteiger partial charge in [-0.25, -0.2) is 8.42 Å². The number of rotatable bonds is 5. The van der Waals surface area contributed by atoms with Crippen LogP contribution in [-0.4, -0.2) is 94.6 Å². The Morgan fingerprint density at radius 1 is 1.25 bits per heavy atom. The fourth-order valence-electron chi connectivity index (χ4n) is 3.05. The van der Waals surface area contributed by atoms with E-state index >= 15 is 0 Å². The van der Waals surface area contributed by atoms with Crippen LogP contribution in [0.4, 0.5) is 0 Å². The van der Waals surface area contributed by atoms with Gasteiger partial charge >= 0.3 is 0 Å². The van der Waals surface area contributed by atoms with E-state index in [9.17, 15) is 8.42 Å². The molecule has 0 aromatic heterocycles. The zero-order valence-corrected chi connectivity index (χ0v) is 18.0. The Balaban J connectivity index is 0.00000288. The molecule has 2 fully saturated rings. The molecular formula is C15H32IN5O2S. The molecule has 0 aromatic carbocycles. The molecule has 2 aliphatic heterocycles. The molecule has 142 valence electrons. The Hall–Kier alpha value is -0.130. The summed E-state index contributed by atoms with van der Waals surface area (Å²) in [4.78, 5) is 9.44. The minimum absolute atomic E-state index is 0. The third-order valence-corrected chi connectivity index (χ3v) is 6.18.